The Morgan fingerprint density at radius 2 is 2.27 bits per heavy atom. The van der Waals surface area contributed by atoms with Crippen molar-refractivity contribution in [1.82, 2.24) is 0 Å². The van der Waals surface area contributed by atoms with Crippen molar-refractivity contribution in [2.45, 2.75) is 12.8 Å². The van der Waals surface area contributed by atoms with Crippen molar-refractivity contribution in [2.24, 2.45) is 0 Å². The van der Waals surface area contributed by atoms with Crippen LogP contribution in [0.25, 0.3) is 0 Å². The first-order chi connectivity index (χ1) is 7.19. The standard InChI is InChI=1S/C11H12BrClO2/c1-15-11(14)9-4-5-10(12)8(7-9)3-2-6-13/h4-5,7H,2-3,6H2,1H3. The molecule has 0 spiro atoms. The minimum atomic E-state index is -0.311. The highest BCUT2D eigenvalue weighted by Gasteiger charge is 2.08. The normalized spacial score (nSPS) is 10.1. The number of ether oxygens (including phenoxy) is 1. The van der Waals surface area contributed by atoms with Crippen LogP contribution in [0.3, 0.4) is 0 Å². The number of hydrogen-bond acceptors (Lipinski definition) is 2. The molecule has 15 heavy (non-hydrogen) atoms. The van der Waals surface area contributed by atoms with Gasteiger partial charge in [-0.1, -0.05) is 15.9 Å². The van der Waals surface area contributed by atoms with E-state index >= 15 is 0 Å². The van der Waals surface area contributed by atoms with E-state index in [0.717, 1.165) is 22.9 Å². The summed E-state index contributed by atoms with van der Waals surface area (Å²) in [6.45, 7) is 0. The lowest BCUT2D eigenvalue weighted by Gasteiger charge is -2.05. The van der Waals surface area contributed by atoms with E-state index in [9.17, 15) is 4.79 Å². The molecular formula is C11H12BrClO2. The number of aryl methyl sites for hydroxylation is 1. The van der Waals surface area contributed by atoms with E-state index in [1.54, 1.807) is 6.07 Å². The summed E-state index contributed by atoms with van der Waals surface area (Å²) in [7, 11) is 1.38. The van der Waals surface area contributed by atoms with Crippen LogP contribution in [0.2, 0.25) is 0 Å². The number of rotatable bonds is 4. The molecule has 1 aromatic rings. The Bertz CT molecular complexity index is 352. The zero-order valence-electron chi connectivity index (χ0n) is 8.43. The lowest BCUT2D eigenvalue weighted by atomic mass is 10.1. The summed E-state index contributed by atoms with van der Waals surface area (Å²) in [6.07, 6.45) is 1.75. The number of halogens is 2. The number of alkyl halides is 1. The molecule has 0 atom stereocenters. The summed E-state index contributed by atoms with van der Waals surface area (Å²) in [5.41, 5.74) is 1.66. The Kier molecular flexibility index (Phi) is 5.12. The highest BCUT2D eigenvalue weighted by molar-refractivity contribution is 9.10. The second-order valence-corrected chi connectivity index (χ2v) is 4.32. The number of esters is 1. The molecule has 2 nitrogen and oxygen atoms in total. The monoisotopic (exact) mass is 290 g/mol. The average Bonchev–Trinajstić information content (AvgIpc) is 2.27. The molecule has 4 heteroatoms. The average molecular weight is 292 g/mol. The van der Waals surface area contributed by atoms with Gasteiger partial charge in [0.25, 0.3) is 0 Å². The Morgan fingerprint density at radius 3 is 2.87 bits per heavy atom. The van der Waals surface area contributed by atoms with Gasteiger partial charge >= 0.3 is 5.97 Å². The molecule has 1 aromatic carbocycles. The van der Waals surface area contributed by atoms with Crippen molar-refractivity contribution in [1.29, 1.82) is 0 Å². The molecule has 0 amide bonds. The summed E-state index contributed by atoms with van der Waals surface area (Å²) in [5.74, 6) is 0.309. The Hall–Kier alpha value is -0.540. The van der Waals surface area contributed by atoms with Crippen molar-refractivity contribution >= 4 is 33.5 Å². The zero-order chi connectivity index (χ0) is 11.3. The maximum Gasteiger partial charge on any atom is 0.337 e. The first-order valence-corrected chi connectivity index (χ1v) is 5.94. The van der Waals surface area contributed by atoms with Crippen LogP contribution < -0.4 is 0 Å². The van der Waals surface area contributed by atoms with E-state index in [0.29, 0.717) is 11.4 Å². The van der Waals surface area contributed by atoms with E-state index < -0.39 is 0 Å². The third-order valence-electron chi connectivity index (χ3n) is 2.05. The van der Waals surface area contributed by atoms with Crippen molar-refractivity contribution < 1.29 is 9.53 Å². The van der Waals surface area contributed by atoms with Gasteiger partial charge in [0.05, 0.1) is 12.7 Å². The quantitative estimate of drug-likeness (QED) is 0.628. The van der Waals surface area contributed by atoms with E-state index in [-0.39, 0.29) is 5.97 Å². The van der Waals surface area contributed by atoms with E-state index in [2.05, 4.69) is 20.7 Å². The molecule has 0 aliphatic rings. The second kappa shape index (κ2) is 6.13. The van der Waals surface area contributed by atoms with Crippen LogP contribution in [-0.4, -0.2) is 19.0 Å². The predicted octanol–water partition coefficient (Wildman–Crippen LogP) is 3.41. The maximum absolute atomic E-state index is 11.3. The van der Waals surface area contributed by atoms with Crippen LogP contribution in [0.15, 0.2) is 22.7 Å². The highest BCUT2D eigenvalue weighted by atomic mass is 79.9. The molecule has 0 saturated carbocycles. The van der Waals surface area contributed by atoms with Crippen molar-refractivity contribution in [2.75, 3.05) is 13.0 Å². The molecule has 0 N–H and O–H groups in total. The Labute approximate surface area is 103 Å². The molecule has 82 valence electrons. The molecular weight excluding hydrogens is 279 g/mol. The van der Waals surface area contributed by atoms with Gasteiger partial charge in [-0.15, -0.1) is 11.6 Å². The fourth-order valence-corrected chi connectivity index (χ4v) is 1.85. The van der Waals surface area contributed by atoms with Gasteiger partial charge < -0.3 is 4.74 Å². The zero-order valence-corrected chi connectivity index (χ0v) is 10.8. The molecule has 0 aliphatic carbocycles. The highest BCUT2D eigenvalue weighted by Crippen LogP contribution is 2.20. The molecule has 0 aromatic heterocycles. The lowest BCUT2D eigenvalue weighted by molar-refractivity contribution is 0.0600. The van der Waals surface area contributed by atoms with Gasteiger partial charge in [0, 0.05) is 10.4 Å². The van der Waals surface area contributed by atoms with Gasteiger partial charge in [-0.2, -0.15) is 0 Å². The summed E-state index contributed by atoms with van der Waals surface area (Å²) in [4.78, 5) is 11.3. The molecule has 0 unspecified atom stereocenters. The van der Waals surface area contributed by atoms with Crippen LogP contribution >= 0.6 is 27.5 Å². The van der Waals surface area contributed by atoms with Gasteiger partial charge in [0.2, 0.25) is 0 Å². The first kappa shape index (κ1) is 12.5. The largest absolute Gasteiger partial charge is 0.465 e. The van der Waals surface area contributed by atoms with Crippen LogP contribution in [0.1, 0.15) is 22.3 Å². The summed E-state index contributed by atoms with van der Waals surface area (Å²) >= 11 is 9.06. The summed E-state index contributed by atoms with van der Waals surface area (Å²) < 4.78 is 5.66. The van der Waals surface area contributed by atoms with Gasteiger partial charge in [0.1, 0.15) is 0 Å². The van der Waals surface area contributed by atoms with Crippen molar-refractivity contribution in [3.63, 3.8) is 0 Å². The first-order valence-electron chi connectivity index (χ1n) is 4.61. The molecule has 0 radical (unpaired) electrons. The lowest BCUT2D eigenvalue weighted by Crippen LogP contribution is -2.02. The predicted molar refractivity (Wildman–Crippen MR) is 64.5 cm³/mol. The Morgan fingerprint density at radius 1 is 1.53 bits per heavy atom. The topological polar surface area (TPSA) is 26.3 Å². The van der Waals surface area contributed by atoms with Gasteiger partial charge in [-0.05, 0) is 36.6 Å². The maximum atomic E-state index is 11.3. The third-order valence-corrected chi connectivity index (χ3v) is 3.09. The van der Waals surface area contributed by atoms with Gasteiger partial charge in [-0.3, -0.25) is 0 Å². The van der Waals surface area contributed by atoms with Crippen LogP contribution in [0.5, 0.6) is 0 Å². The number of methoxy groups -OCH3 is 1. The number of carbonyl (C=O) groups is 1. The van der Waals surface area contributed by atoms with Crippen molar-refractivity contribution in [3.8, 4) is 0 Å². The minimum absolute atomic E-state index is 0.311. The molecule has 1 rings (SSSR count). The third kappa shape index (κ3) is 3.50. The van der Waals surface area contributed by atoms with E-state index in [1.807, 2.05) is 12.1 Å². The SMILES string of the molecule is COC(=O)c1ccc(Br)c(CCCCl)c1. The molecule has 0 bridgehead atoms. The van der Waals surface area contributed by atoms with Crippen LogP contribution in [-0.2, 0) is 11.2 Å². The smallest absolute Gasteiger partial charge is 0.337 e. The van der Waals surface area contributed by atoms with Gasteiger partial charge in [-0.25, -0.2) is 4.79 Å². The van der Waals surface area contributed by atoms with Gasteiger partial charge in [0.15, 0.2) is 0 Å². The van der Waals surface area contributed by atoms with E-state index in [4.69, 9.17) is 11.6 Å². The van der Waals surface area contributed by atoms with Crippen LogP contribution in [0, 0.1) is 0 Å². The fourth-order valence-electron chi connectivity index (χ4n) is 1.27. The molecule has 0 heterocycles. The number of benzene rings is 1. The van der Waals surface area contributed by atoms with E-state index in [1.165, 1.54) is 7.11 Å². The molecule has 0 saturated heterocycles. The molecule has 0 fully saturated rings. The van der Waals surface area contributed by atoms with Crippen LogP contribution in [0.4, 0.5) is 0 Å². The summed E-state index contributed by atoms with van der Waals surface area (Å²) in [6, 6.07) is 5.43. The Balaban J connectivity index is 2.89. The second-order valence-electron chi connectivity index (χ2n) is 3.09. The number of hydrogen-bond donors (Lipinski definition) is 0. The molecule has 0 aliphatic heterocycles. The minimum Gasteiger partial charge on any atom is -0.465 e. The summed E-state index contributed by atoms with van der Waals surface area (Å²) in [5, 5.41) is 0. The fraction of sp³-hybridized carbons (Fsp3) is 0.364. The number of carbonyl (C=O) groups excluding carboxylic acids is 1. The van der Waals surface area contributed by atoms with Crippen molar-refractivity contribution in [3.05, 3.63) is 33.8 Å².